The Morgan fingerprint density at radius 1 is 1.40 bits per heavy atom. The fourth-order valence-electron chi connectivity index (χ4n) is 0.744. The molecule has 0 aliphatic carbocycles. The molecular weight excluding hydrogens is 216 g/mol. The standard InChI is InChI=1S/C8H8F4N2O/c9-7(10)8(11,12)4-15-6-3-1-2-5(13)14-6/h1-3,7H,4H2,(H2,13,14). The third-order valence-corrected chi connectivity index (χ3v) is 1.48. The fourth-order valence-corrected chi connectivity index (χ4v) is 0.744. The summed E-state index contributed by atoms with van der Waals surface area (Å²) in [6, 6.07) is 4.08. The van der Waals surface area contributed by atoms with Crippen LogP contribution in [0.5, 0.6) is 5.88 Å². The molecule has 15 heavy (non-hydrogen) atoms. The molecule has 2 N–H and O–H groups in total. The van der Waals surface area contributed by atoms with Crippen molar-refractivity contribution in [2.24, 2.45) is 0 Å². The van der Waals surface area contributed by atoms with Crippen molar-refractivity contribution in [3.63, 3.8) is 0 Å². The highest BCUT2D eigenvalue weighted by Crippen LogP contribution is 2.23. The smallest absolute Gasteiger partial charge is 0.340 e. The Morgan fingerprint density at radius 2 is 2.07 bits per heavy atom. The summed E-state index contributed by atoms with van der Waals surface area (Å²) < 4.78 is 52.6. The molecule has 0 atom stereocenters. The molecule has 0 spiro atoms. The van der Waals surface area contributed by atoms with Gasteiger partial charge in [0.05, 0.1) is 0 Å². The molecule has 7 heteroatoms. The zero-order chi connectivity index (χ0) is 11.5. The minimum atomic E-state index is -4.19. The van der Waals surface area contributed by atoms with Gasteiger partial charge in [0.1, 0.15) is 5.82 Å². The molecule has 84 valence electrons. The molecule has 0 amide bonds. The van der Waals surface area contributed by atoms with E-state index in [0.29, 0.717) is 0 Å². The summed E-state index contributed by atoms with van der Waals surface area (Å²) in [5.74, 6) is -4.34. The average molecular weight is 224 g/mol. The first-order valence-corrected chi connectivity index (χ1v) is 3.93. The van der Waals surface area contributed by atoms with E-state index in [1.54, 1.807) is 0 Å². The van der Waals surface area contributed by atoms with E-state index >= 15 is 0 Å². The summed E-state index contributed by atoms with van der Waals surface area (Å²) in [7, 11) is 0. The molecule has 0 fully saturated rings. The number of rotatable bonds is 4. The molecule has 0 unspecified atom stereocenters. The van der Waals surface area contributed by atoms with Crippen LogP contribution in [-0.4, -0.2) is 23.9 Å². The average Bonchev–Trinajstić information content (AvgIpc) is 2.15. The predicted octanol–water partition coefficient (Wildman–Crippen LogP) is 1.94. The second-order valence-electron chi connectivity index (χ2n) is 2.75. The SMILES string of the molecule is Nc1cccc(OCC(F)(F)C(F)F)n1. The molecule has 1 heterocycles. The first kappa shape index (κ1) is 11.5. The Labute approximate surface area is 82.9 Å². The van der Waals surface area contributed by atoms with Crippen LogP contribution in [0.3, 0.4) is 0 Å². The van der Waals surface area contributed by atoms with E-state index in [1.165, 1.54) is 18.2 Å². The minimum Gasteiger partial charge on any atom is -0.471 e. The summed E-state index contributed by atoms with van der Waals surface area (Å²) in [5, 5.41) is 0. The lowest BCUT2D eigenvalue weighted by Gasteiger charge is -2.15. The van der Waals surface area contributed by atoms with Gasteiger partial charge < -0.3 is 10.5 Å². The molecular formula is C8H8F4N2O. The number of pyridine rings is 1. The van der Waals surface area contributed by atoms with Crippen LogP contribution in [-0.2, 0) is 0 Å². The van der Waals surface area contributed by atoms with Crippen LogP contribution >= 0.6 is 0 Å². The van der Waals surface area contributed by atoms with Crippen LogP contribution in [0, 0.1) is 0 Å². The lowest BCUT2D eigenvalue weighted by atomic mass is 10.4. The maximum atomic E-state index is 12.4. The lowest BCUT2D eigenvalue weighted by Crippen LogP contribution is -2.33. The number of alkyl halides is 4. The number of nitrogens with two attached hydrogens (primary N) is 1. The van der Waals surface area contributed by atoms with Gasteiger partial charge in [-0.2, -0.15) is 13.8 Å². The molecule has 1 rings (SSSR count). The van der Waals surface area contributed by atoms with Gasteiger partial charge in [-0.1, -0.05) is 6.07 Å². The van der Waals surface area contributed by atoms with E-state index in [1.807, 2.05) is 0 Å². The first-order chi connectivity index (χ1) is 6.92. The van der Waals surface area contributed by atoms with Gasteiger partial charge in [0.15, 0.2) is 6.61 Å². The summed E-state index contributed by atoms with van der Waals surface area (Å²) >= 11 is 0. The third-order valence-electron chi connectivity index (χ3n) is 1.48. The normalized spacial score (nSPS) is 11.8. The Bertz CT molecular complexity index is 332. The molecule has 0 saturated heterocycles. The van der Waals surface area contributed by atoms with Gasteiger partial charge >= 0.3 is 12.3 Å². The summed E-state index contributed by atoms with van der Waals surface area (Å²) in [4.78, 5) is 3.51. The molecule has 1 aromatic rings. The van der Waals surface area contributed by atoms with Crippen molar-refractivity contribution >= 4 is 5.82 Å². The van der Waals surface area contributed by atoms with Crippen molar-refractivity contribution in [3.8, 4) is 5.88 Å². The van der Waals surface area contributed by atoms with Crippen molar-refractivity contribution in [2.75, 3.05) is 12.3 Å². The monoisotopic (exact) mass is 224 g/mol. The highest BCUT2D eigenvalue weighted by molar-refractivity contribution is 5.31. The van der Waals surface area contributed by atoms with E-state index in [2.05, 4.69) is 9.72 Å². The van der Waals surface area contributed by atoms with Crippen LogP contribution in [0.25, 0.3) is 0 Å². The maximum Gasteiger partial charge on any atom is 0.340 e. The van der Waals surface area contributed by atoms with Crippen molar-refractivity contribution in [2.45, 2.75) is 12.3 Å². The van der Waals surface area contributed by atoms with Gasteiger partial charge in [0.2, 0.25) is 5.88 Å². The molecule has 3 nitrogen and oxygen atoms in total. The van der Waals surface area contributed by atoms with Gasteiger partial charge in [-0.05, 0) is 6.07 Å². The first-order valence-electron chi connectivity index (χ1n) is 3.93. The molecule has 0 aromatic carbocycles. The van der Waals surface area contributed by atoms with Crippen molar-refractivity contribution in [1.82, 2.24) is 4.98 Å². The van der Waals surface area contributed by atoms with Gasteiger partial charge in [-0.15, -0.1) is 0 Å². The Kier molecular flexibility index (Phi) is 3.33. The van der Waals surface area contributed by atoms with E-state index in [-0.39, 0.29) is 11.7 Å². The highest BCUT2D eigenvalue weighted by Gasteiger charge is 2.41. The topological polar surface area (TPSA) is 48.1 Å². The minimum absolute atomic E-state index is 0.0628. The molecule has 1 aromatic heterocycles. The number of ether oxygens (including phenoxy) is 1. The quantitative estimate of drug-likeness (QED) is 0.795. The van der Waals surface area contributed by atoms with Gasteiger partial charge in [-0.3, -0.25) is 0 Å². The molecule has 0 aliphatic rings. The number of aromatic nitrogens is 1. The number of nitrogen functional groups attached to an aromatic ring is 1. The number of hydrogen-bond donors (Lipinski definition) is 1. The number of nitrogens with zero attached hydrogens (tertiary/aromatic N) is 1. The van der Waals surface area contributed by atoms with Gasteiger partial charge in [0.25, 0.3) is 0 Å². The Hall–Kier alpha value is -1.53. The van der Waals surface area contributed by atoms with E-state index in [9.17, 15) is 17.6 Å². The zero-order valence-electron chi connectivity index (χ0n) is 7.46. The number of anilines is 1. The number of hydrogen-bond acceptors (Lipinski definition) is 3. The summed E-state index contributed by atoms with van der Waals surface area (Å²) in [5.41, 5.74) is 5.23. The predicted molar refractivity (Wildman–Crippen MR) is 45.1 cm³/mol. The Balaban J connectivity index is 2.57. The van der Waals surface area contributed by atoms with E-state index in [4.69, 9.17) is 5.73 Å². The lowest BCUT2D eigenvalue weighted by molar-refractivity contribution is -0.148. The van der Waals surface area contributed by atoms with Crippen LogP contribution in [0.1, 0.15) is 0 Å². The fraction of sp³-hybridized carbons (Fsp3) is 0.375. The number of halogens is 4. The van der Waals surface area contributed by atoms with Gasteiger partial charge in [0, 0.05) is 6.07 Å². The summed E-state index contributed by atoms with van der Waals surface area (Å²) in [6.07, 6.45) is -3.77. The van der Waals surface area contributed by atoms with E-state index < -0.39 is 19.0 Å². The molecule has 0 bridgehead atoms. The summed E-state index contributed by atoms with van der Waals surface area (Å²) in [6.45, 7) is -1.43. The van der Waals surface area contributed by atoms with Crippen LogP contribution in [0.15, 0.2) is 18.2 Å². The molecule has 0 saturated carbocycles. The van der Waals surface area contributed by atoms with E-state index in [0.717, 1.165) is 0 Å². The van der Waals surface area contributed by atoms with Gasteiger partial charge in [-0.25, -0.2) is 8.78 Å². The largest absolute Gasteiger partial charge is 0.471 e. The van der Waals surface area contributed by atoms with Crippen molar-refractivity contribution in [3.05, 3.63) is 18.2 Å². The Morgan fingerprint density at radius 3 is 2.60 bits per heavy atom. The van der Waals surface area contributed by atoms with Crippen LogP contribution < -0.4 is 10.5 Å². The molecule has 0 aliphatic heterocycles. The second-order valence-corrected chi connectivity index (χ2v) is 2.75. The van der Waals surface area contributed by atoms with Crippen molar-refractivity contribution in [1.29, 1.82) is 0 Å². The van der Waals surface area contributed by atoms with Crippen LogP contribution in [0.2, 0.25) is 0 Å². The second kappa shape index (κ2) is 4.33. The maximum absolute atomic E-state index is 12.4. The molecule has 0 radical (unpaired) electrons. The van der Waals surface area contributed by atoms with Crippen molar-refractivity contribution < 1.29 is 22.3 Å². The highest BCUT2D eigenvalue weighted by atomic mass is 19.3. The third kappa shape index (κ3) is 3.26. The van der Waals surface area contributed by atoms with Crippen LogP contribution in [0.4, 0.5) is 23.4 Å². The zero-order valence-corrected chi connectivity index (χ0v) is 7.46.